The van der Waals surface area contributed by atoms with E-state index in [9.17, 15) is 9.59 Å². The summed E-state index contributed by atoms with van der Waals surface area (Å²) in [4.78, 5) is 23.2. The predicted octanol–water partition coefficient (Wildman–Crippen LogP) is 2.85. The van der Waals surface area contributed by atoms with E-state index in [-0.39, 0.29) is 5.78 Å². The largest absolute Gasteiger partial charge is 0.449 e. The van der Waals surface area contributed by atoms with E-state index in [2.05, 4.69) is 0 Å². The molecule has 0 N–H and O–H groups in total. The molecule has 1 aromatic heterocycles. The fourth-order valence-corrected chi connectivity index (χ4v) is 1.82. The van der Waals surface area contributed by atoms with Crippen molar-refractivity contribution in [1.82, 2.24) is 4.57 Å². The second-order valence-electron chi connectivity index (χ2n) is 3.68. The number of benzene rings is 1. The first-order chi connectivity index (χ1) is 8.15. The molecule has 2 aromatic rings. The fraction of sp³-hybridized carbons (Fsp3) is 0.231. The second kappa shape index (κ2) is 4.41. The Hall–Kier alpha value is -2.10. The van der Waals surface area contributed by atoms with Crippen LogP contribution in [0.15, 0.2) is 30.5 Å². The van der Waals surface area contributed by atoms with Crippen LogP contribution in [0.1, 0.15) is 24.2 Å². The van der Waals surface area contributed by atoms with Crippen LogP contribution >= 0.6 is 0 Å². The number of ketones is 1. The minimum absolute atomic E-state index is 0.0696. The van der Waals surface area contributed by atoms with Crippen LogP contribution in [0.5, 0.6) is 0 Å². The van der Waals surface area contributed by atoms with E-state index in [1.54, 1.807) is 31.3 Å². The van der Waals surface area contributed by atoms with Crippen LogP contribution in [0.2, 0.25) is 0 Å². The van der Waals surface area contributed by atoms with Gasteiger partial charge in [-0.15, -0.1) is 0 Å². The Morgan fingerprint density at radius 3 is 2.71 bits per heavy atom. The molecule has 0 fully saturated rings. The molecular formula is C13H13NO3. The van der Waals surface area contributed by atoms with Crippen molar-refractivity contribution in [3.8, 4) is 0 Å². The molecule has 88 valence electrons. The quantitative estimate of drug-likeness (QED) is 0.747. The van der Waals surface area contributed by atoms with Crippen LogP contribution < -0.4 is 0 Å². The molecule has 0 amide bonds. The van der Waals surface area contributed by atoms with Crippen molar-refractivity contribution in [3.05, 3.63) is 36.0 Å². The molecule has 0 radical (unpaired) electrons. The lowest BCUT2D eigenvalue weighted by atomic mass is 10.1. The van der Waals surface area contributed by atoms with E-state index in [0.29, 0.717) is 17.7 Å². The molecule has 0 aliphatic carbocycles. The molecular weight excluding hydrogens is 218 g/mol. The second-order valence-corrected chi connectivity index (χ2v) is 3.68. The predicted molar refractivity (Wildman–Crippen MR) is 64.4 cm³/mol. The van der Waals surface area contributed by atoms with Crippen molar-refractivity contribution in [3.63, 3.8) is 0 Å². The van der Waals surface area contributed by atoms with Crippen molar-refractivity contribution in [2.24, 2.45) is 0 Å². The zero-order valence-electron chi connectivity index (χ0n) is 9.77. The van der Waals surface area contributed by atoms with Gasteiger partial charge in [-0.2, -0.15) is 0 Å². The van der Waals surface area contributed by atoms with E-state index >= 15 is 0 Å². The van der Waals surface area contributed by atoms with E-state index in [0.717, 1.165) is 5.39 Å². The Balaban J connectivity index is 2.65. The van der Waals surface area contributed by atoms with Crippen molar-refractivity contribution in [2.75, 3.05) is 6.61 Å². The third-order valence-corrected chi connectivity index (χ3v) is 2.56. The first-order valence-corrected chi connectivity index (χ1v) is 5.43. The average Bonchev–Trinajstić information content (AvgIpc) is 2.72. The lowest BCUT2D eigenvalue weighted by Gasteiger charge is -2.06. The minimum atomic E-state index is -0.462. The van der Waals surface area contributed by atoms with Crippen LogP contribution in [0.3, 0.4) is 0 Å². The number of fused-ring (bicyclic) bond motifs is 1. The van der Waals surface area contributed by atoms with E-state index in [1.165, 1.54) is 11.5 Å². The molecule has 0 atom stereocenters. The fourth-order valence-electron chi connectivity index (χ4n) is 1.82. The van der Waals surface area contributed by atoms with E-state index in [4.69, 9.17) is 4.74 Å². The smallest absolute Gasteiger partial charge is 0.418 e. The maximum Gasteiger partial charge on any atom is 0.418 e. The lowest BCUT2D eigenvalue weighted by Crippen LogP contribution is -2.13. The van der Waals surface area contributed by atoms with Gasteiger partial charge in [0.05, 0.1) is 12.1 Å². The normalized spacial score (nSPS) is 10.5. The van der Waals surface area contributed by atoms with Gasteiger partial charge in [0.2, 0.25) is 0 Å². The van der Waals surface area contributed by atoms with E-state index < -0.39 is 6.09 Å². The number of rotatable bonds is 2. The molecule has 0 unspecified atom stereocenters. The third kappa shape index (κ3) is 1.93. The van der Waals surface area contributed by atoms with Gasteiger partial charge in [0.25, 0.3) is 0 Å². The molecule has 4 heteroatoms. The summed E-state index contributed by atoms with van der Waals surface area (Å²) in [5.74, 6) is -0.0696. The third-order valence-electron chi connectivity index (χ3n) is 2.56. The van der Waals surface area contributed by atoms with E-state index in [1.807, 2.05) is 6.07 Å². The summed E-state index contributed by atoms with van der Waals surface area (Å²) in [5, 5.41) is 0.853. The van der Waals surface area contributed by atoms with Gasteiger partial charge < -0.3 is 4.74 Å². The zero-order valence-corrected chi connectivity index (χ0v) is 9.77. The highest BCUT2D eigenvalue weighted by Crippen LogP contribution is 2.21. The topological polar surface area (TPSA) is 48.3 Å². The van der Waals surface area contributed by atoms with Crippen LogP contribution in [-0.4, -0.2) is 23.1 Å². The Bertz CT molecular complexity index is 583. The molecule has 0 spiro atoms. The molecule has 0 saturated carbocycles. The van der Waals surface area contributed by atoms with Gasteiger partial charge in [0, 0.05) is 17.1 Å². The number of para-hydroxylation sites is 1. The van der Waals surface area contributed by atoms with Gasteiger partial charge in [0.15, 0.2) is 5.78 Å². The number of Topliss-reactive ketones (excluding diaryl/α,β-unsaturated/α-hetero) is 1. The maximum absolute atomic E-state index is 11.7. The van der Waals surface area contributed by atoms with Crippen molar-refractivity contribution in [2.45, 2.75) is 13.8 Å². The first-order valence-electron chi connectivity index (χ1n) is 5.43. The standard InChI is InChI=1S/C13H13NO3/c1-3-17-13(16)14-8-7-10-5-4-6-11(9(2)15)12(10)14/h4-8H,3H2,1-2H3. The number of hydrogen-bond acceptors (Lipinski definition) is 3. The van der Waals surface area contributed by atoms with Gasteiger partial charge in [-0.1, -0.05) is 12.1 Å². The Morgan fingerprint density at radius 1 is 1.29 bits per heavy atom. The summed E-state index contributed by atoms with van der Waals surface area (Å²) in [6.07, 6.45) is 1.16. The summed E-state index contributed by atoms with van der Waals surface area (Å²) < 4.78 is 6.31. The highest BCUT2D eigenvalue weighted by Gasteiger charge is 2.14. The number of hydrogen-bond donors (Lipinski definition) is 0. The SMILES string of the molecule is CCOC(=O)n1ccc2cccc(C(C)=O)c21. The molecule has 0 aliphatic rings. The Labute approximate surface area is 98.8 Å². The van der Waals surface area contributed by atoms with Crippen molar-refractivity contribution < 1.29 is 14.3 Å². The highest BCUT2D eigenvalue weighted by molar-refractivity contribution is 6.07. The van der Waals surface area contributed by atoms with Crippen molar-refractivity contribution >= 4 is 22.8 Å². The number of carbonyl (C=O) groups is 2. The molecule has 1 heterocycles. The molecule has 1 aromatic carbocycles. The molecule has 17 heavy (non-hydrogen) atoms. The number of nitrogens with zero attached hydrogens (tertiary/aromatic N) is 1. The van der Waals surface area contributed by atoms with Gasteiger partial charge in [-0.3, -0.25) is 9.36 Å². The van der Waals surface area contributed by atoms with Gasteiger partial charge in [-0.25, -0.2) is 4.79 Å². The first kappa shape index (κ1) is 11.4. The summed E-state index contributed by atoms with van der Waals surface area (Å²) in [7, 11) is 0. The summed E-state index contributed by atoms with van der Waals surface area (Å²) in [6, 6.07) is 7.16. The van der Waals surface area contributed by atoms with Crippen LogP contribution in [0, 0.1) is 0 Å². The summed E-state index contributed by atoms with van der Waals surface area (Å²) in [5.41, 5.74) is 1.14. The lowest BCUT2D eigenvalue weighted by molar-refractivity contribution is 0.101. The maximum atomic E-state index is 11.7. The van der Waals surface area contributed by atoms with Gasteiger partial charge in [0.1, 0.15) is 0 Å². The Morgan fingerprint density at radius 2 is 2.06 bits per heavy atom. The molecule has 2 rings (SSSR count). The van der Waals surface area contributed by atoms with Gasteiger partial charge in [-0.05, 0) is 26.0 Å². The molecule has 0 aliphatic heterocycles. The zero-order chi connectivity index (χ0) is 12.4. The van der Waals surface area contributed by atoms with Crippen LogP contribution in [0.4, 0.5) is 4.79 Å². The number of aromatic nitrogens is 1. The monoisotopic (exact) mass is 231 g/mol. The Kier molecular flexibility index (Phi) is 2.95. The number of carbonyl (C=O) groups excluding carboxylic acids is 2. The average molecular weight is 231 g/mol. The summed E-state index contributed by atoms with van der Waals surface area (Å²) in [6.45, 7) is 3.54. The van der Waals surface area contributed by atoms with Crippen LogP contribution in [0.25, 0.3) is 10.9 Å². The molecule has 4 nitrogen and oxygen atoms in total. The van der Waals surface area contributed by atoms with Crippen molar-refractivity contribution in [1.29, 1.82) is 0 Å². The van der Waals surface area contributed by atoms with Gasteiger partial charge >= 0.3 is 6.09 Å². The highest BCUT2D eigenvalue weighted by atomic mass is 16.5. The summed E-state index contributed by atoms with van der Waals surface area (Å²) >= 11 is 0. The number of ether oxygens (including phenoxy) is 1. The molecule has 0 bridgehead atoms. The molecule has 0 saturated heterocycles. The van der Waals surface area contributed by atoms with Crippen LogP contribution in [-0.2, 0) is 4.74 Å². The minimum Gasteiger partial charge on any atom is -0.449 e.